The van der Waals surface area contributed by atoms with E-state index in [9.17, 15) is 9.59 Å². The van der Waals surface area contributed by atoms with Crippen molar-refractivity contribution in [1.82, 2.24) is 0 Å². The van der Waals surface area contributed by atoms with E-state index in [1.165, 1.54) is 0 Å². The molecule has 1 aromatic rings. The van der Waals surface area contributed by atoms with Gasteiger partial charge in [-0.05, 0) is 71.2 Å². The van der Waals surface area contributed by atoms with Gasteiger partial charge in [0.15, 0.2) is 0 Å². The van der Waals surface area contributed by atoms with Crippen LogP contribution in [0.1, 0.15) is 64.2 Å². The monoisotopic (exact) mass is 330 g/mol. The average molecular weight is 330 g/mol. The number of hydrogen-bond acceptors (Lipinski definition) is 4. The molecule has 1 atom stereocenters. The Bertz CT molecular complexity index is 699. The molecule has 0 N–H and O–H groups in total. The van der Waals surface area contributed by atoms with Gasteiger partial charge in [0, 0.05) is 0 Å². The minimum Gasteiger partial charge on any atom is -0.459 e. The van der Waals surface area contributed by atoms with Crippen molar-refractivity contribution >= 4 is 18.0 Å². The standard InChI is InChI=1S/C20H26O4/c1-12-9-8-10-13-11-14(17(21)23-19(2,3)4)16(15(12)13)18(22)24-20(5,6)7/h8-11,16H,1-7H3. The Balaban J connectivity index is 2.44. The van der Waals surface area contributed by atoms with Gasteiger partial charge in [0.2, 0.25) is 0 Å². The molecular weight excluding hydrogens is 304 g/mol. The summed E-state index contributed by atoms with van der Waals surface area (Å²) in [7, 11) is 0. The maximum Gasteiger partial charge on any atom is 0.335 e. The van der Waals surface area contributed by atoms with Crippen LogP contribution in [0.5, 0.6) is 0 Å². The first-order valence-corrected chi connectivity index (χ1v) is 8.16. The summed E-state index contributed by atoms with van der Waals surface area (Å²) in [4.78, 5) is 25.4. The van der Waals surface area contributed by atoms with Gasteiger partial charge < -0.3 is 9.47 Å². The topological polar surface area (TPSA) is 52.6 Å². The Morgan fingerprint density at radius 2 is 1.54 bits per heavy atom. The fourth-order valence-corrected chi connectivity index (χ4v) is 2.75. The Hall–Kier alpha value is -2.10. The maximum atomic E-state index is 12.8. The van der Waals surface area contributed by atoms with Crippen molar-refractivity contribution in [1.29, 1.82) is 0 Å². The summed E-state index contributed by atoms with van der Waals surface area (Å²) in [5, 5.41) is 0. The normalized spacial score (nSPS) is 17.1. The van der Waals surface area contributed by atoms with Crippen LogP contribution in [0.3, 0.4) is 0 Å². The number of fused-ring (bicyclic) bond motifs is 1. The second kappa shape index (κ2) is 6.08. The Morgan fingerprint density at radius 1 is 0.958 bits per heavy atom. The molecule has 24 heavy (non-hydrogen) atoms. The van der Waals surface area contributed by atoms with Crippen LogP contribution >= 0.6 is 0 Å². The maximum absolute atomic E-state index is 12.8. The van der Waals surface area contributed by atoms with Gasteiger partial charge in [-0.3, -0.25) is 4.79 Å². The molecule has 1 aliphatic rings. The molecule has 0 saturated carbocycles. The molecule has 1 aliphatic carbocycles. The SMILES string of the molecule is Cc1cccc2c1C(C(=O)OC(C)(C)C)C(C(=O)OC(C)(C)C)=C2. The van der Waals surface area contributed by atoms with Crippen LogP contribution in [0, 0.1) is 6.92 Å². The van der Waals surface area contributed by atoms with Crippen LogP contribution in [-0.2, 0) is 19.1 Å². The predicted octanol–water partition coefficient (Wildman–Crippen LogP) is 4.16. The van der Waals surface area contributed by atoms with Crippen molar-refractivity contribution < 1.29 is 19.1 Å². The molecule has 0 aliphatic heterocycles. The molecule has 0 saturated heterocycles. The highest BCUT2D eigenvalue weighted by molar-refractivity contribution is 6.06. The smallest absolute Gasteiger partial charge is 0.335 e. The summed E-state index contributed by atoms with van der Waals surface area (Å²) in [6.07, 6.45) is 1.74. The van der Waals surface area contributed by atoms with Crippen LogP contribution in [0.15, 0.2) is 23.8 Å². The van der Waals surface area contributed by atoms with E-state index >= 15 is 0 Å². The van der Waals surface area contributed by atoms with E-state index in [1.807, 2.05) is 45.9 Å². The number of esters is 2. The third kappa shape index (κ3) is 4.05. The Morgan fingerprint density at radius 3 is 2.08 bits per heavy atom. The van der Waals surface area contributed by atoms with E-state index in [0.29, 0.717) is 5.57 Å². The second-order valence-corrected chi connectivity index (χ2v) is 8.15. The van der Waals surface area contributed by atoms with Crippen molar-refractivity contribution in [2.45, 2.75) is 65.6 Å². The highest BCUT2D eigenvalue weighted by Gasteiger charge is 2.40. The number of aryl methyl sites for hydroxylation is 1. The lowest BCUT2D eigenvalue weighted by molar-refractivity contribution is -0.159. The van der Waals surface area contributed by atoms with Gasteiger partial charge in [-0.15, -0.1) is 0 Å². The molecule has 0 radical (unpaired) electrons. The van der Waals surface area contributed by atoms with Gasteiger partial charge in [-0.25, -0.2) is 4.79 Å². The van der Waals surface area contributed by atoms with Crippen molar-refractivity contribution in [3.63, 3.8) is 0 Å². The molecule has 0 amide bonds. The molecule has 0 bridgehead atoms. The number of carbonyl (C=O) groups is 2. The molecule has 4 heteroatoms. The van der Waals surface area contributed by atoms with Crippen molar-refractivity contribution in [2.24, 2.45) is 0 Å². The van der Waals surface area contributed by atoms with Gasteiger partial charge in [-0.2, -0.15) is 0 Å². The predicted molar refractivity (Wildman–Crippen MR) is 93.6 cm³/mol. The molecule has 0 fully saturated rings. The van der Waals surface area contributed by atoms with Gasteiger partial charge in [-0.1, -0.05) is 18.2 Å². The molecule has 1 aromatic carbocycles. The minimum absolute atomic E-state index is 0.337. The largest absolute Gasteiger partial charge is 0.459 e. The minimum atomic E-state index is -0.740. The lowest BCUT2D eigenvalue weighted by atomic mass is 9.91. The zero-order chi connectivity index (χ0) is 18.3. The first-order valence-electron chi connectivity index (χ1n) is 8.16. The molecular formula is C20H26O4. The zero-order valence-corrected chi connectivity index (χ0v) is 15.5. The summed E-state index contributed by atoms with van der Waals surface area (Å²) in [5.74, 6) is -1.64. The Kier molecular flexibility index (Phi) is 4.62. The number of benzene rings is 1. The fourth-order valence-electron chi connectivity index (χ4n) is 2.75. The van der Waals surface area contributed by atoms with Crippen molar-refractivity contribution in [3.05, 3.63) is 40.5 Å². The van der Waals surface area contributed by atoms with E-state index in [2.05, 4.69) is 0 Å². The summed E-state index contributed by atoms with van der Waals surface area (Å²) in [6, 6.07) is 5.74. The quantitative estimate of drug-likeness (QED) is 0.764. The summed E-state index contributed by atoms with van der Waals surface area (Å²) < 4.78 is 11.0. The van der Waals surface area contributed by atoms with Crippen LogP contribution in [-0.4, -0.2) is 23.1 Å². The fraction of sp³-hybridized carbons (Fsp3) is 0.500. The van der Waals surface area contributed by atoms with Crippen molar-refractivity contribution in [3.8, 4) is 0 Å². The molecule has 0 aromatic heterocycles. The molecule has 1 unspecified atom stereocenters. The van der Waals surface area contributed by atoms with Crippen molar-refractivity contribution in [2.75, 3.05) is 0 Å². The molecule has 2 rings (SSSR count). The third-order valence-electron chi connectivity index (χ3n) is 3.55. The first kappa shape index (κ1) is 18.2. The number of rotatable bonds is 2. The lowest BCUT2D eigenvalue weighted by Crippen LogP contribution is -2.31. The molecule has 130 valence electrons. The summed E-state index contributed by atoms with van der Waals surface area (Å²) in [5.41, 5.74) is 1.74. The van der Waals surface area contributed by atoms with Gasteiger partial charge in [0.05, 0.1) is 5.57 Å². The first-order chi connectivity index (χ1) is 10.9. The van der Waals surface area contributed by atoms with Crippen LogP contribution in [0.2, 0.25) is 0 Å². The van der Waals surface area contributed by atoms with E-state index in [1.54, 1.807) is 26.8 Å². The van der Waals surface area contributed by atoms with E-state index in [0.717, 1.165) is 16.7 Å². The Labute approximate surface area is 143 Å². The molecule has 4 nitrogen and oxygen atoms in total. The molecule has 0 spiro atoms. The van der Waals surface area contributed by atoms with Gasteiger partial charge in [0.25, 0.3) is 0 Å². The third-order valence-corrected chi connectivity index (χ3v) is 3.55. The summed E-state index contributed by atoms with van der Waals surface area (Å²) in [6.45, 7) is 12.8. The van der Waals surface area contributed by atoms with Crippen LogP contribution in [0.4, 0.5) is 0 Å². The number of carbonyl (C=O) groups excluding carboxylic acids is 2. The average Bonchev–Trinajstić information content (AvgIpc) is 2.75. The van der Waals surface area contributed by atoms with Crippen LogP contribution in [0.25, 0.3) is 6.08 Å². The highest BCUT2D eigenvalue weighted by atomic mass is 16.6. The van der Waals surface area contributed by atoms with E-state index < -0.39 is 29.1 Å². The van der Waals surface area contributed by atoms with Gasteiger partial charge >= 0.3 is 11.9 Å². The van der Waals surface area contributed by atoms with Gasteiger partial charge in [0.1, 0.15) is 17.1 Å². The van der Waals surface area contributed by atoms with E-state index in [4.69, 9.17) is 9.47 Å². The van der Waals surface area contributed by atoms with Crippen LogP contribution < -0.4 is 0 Å². The summed E-state index contributed by atoms with van der Waals surface area (Å²) >= 11 is 0. The number of ether oxygens (including phenoxy) is 2. The molecule has 0 heterocycles. The number of hydrogen-bond donors (Lipinski definition) is 0. The lowest BCUT2D eigenvalue weighted by Gasteiger charge is -2.26. The van der Waals surface area contributed by atoms with E-state index in [-0.39, 0.29) is 0 Å². The second-order valence-electron chi connectivity index (χ2n) is 8.15. The zero-order valence-electron chi connectivity index (χ0n) is 15.5. The highest BCUT2D eigenvalue weighted by Crippen LogP contribution is 2.40.